The van der Waals surface area contributed by atoms with Crippen molar-refractivity contribution in [3.63, 3.8) is 0 Å². The van der Waals surface area contributed by atoms with Gasteiger partial charge in [-0.1, -0.05) is 0 Å². The molecule has 0 saturated heterocycles. The van der Waals surface area contributed by atoms with Crippen molar-refractivity contribution in [2.75, 3.05) is 0 Å². The summed E-state index contributed by atoms with van der Waals surface area (Å²) < 4.78 is 24.3. The van der Waals surface area contributed by atoms with E-state index >= 15 is 0 Å². The summed E-state index contributed by atoms with van der Waals surface area (Å²) in [5, 5.41) is 1.56. The zero-order valence-corrected chi connectivity index (χ0v) is 17.4. The normalized spacial score (nSPS) is 21.9. The summed E-state index contributed by atoms with van der Waals surface area (Å²) in [4.78, 5) is 7.30. The van der Waals surface area contributed by atoms with Gasteiger partial charge in [-0.25, -0.2) is 0 Å². The molecular formula is C17H26O2SSn. The summed E-state index contributed by atoms with van der Waals surface area (Å²) >= 11 is -2.20. The van der Waals surface area contributed by atoms with Gasteiger partial charge in [0, 0.05) is 0 Å². The monoisotopic (exact) mass is 414 g/mol. The average Bonchev–Trinajstić information content (AvgIpc) is 2.54. The van der Waals surface area contributed by atoms with Gasteiger partial charge in [-0.05, 0) is 0 Å². The molecule has 0 spiro atoms. The van der Waals surface area contributed by atoms with E-state index in [9.17, 15) is 8.42 Å². The Balaban J connectivity index is 2.31. The second-order valence-corrected chi connectivity index (χ2v) is 25.7. The maximum atomic E-state index is 12.2. The molecule has 1 aliphatic rings. The van der Waals surface area contributed by atoms with Gasteiger partial charge >= 0.3 is 134 Å². The molecule has 0 aromatic heterocycles. The van der Waals surface area contributed by atoms with Crippen LogP contribution in [0.5, 0.6) is 0 Å². The summed E-state index contributed by atoms with van der Waals surface area (Å²) in [7, 11) is -3.09. The Morgan fingerprint density at radius 1 is 1.14 bits per heavy atom. The van der Waals surface area contributed by atoms with Crippen LogP contribution >= 0.6 is 0 Å². The average molecular weight is 413 g/mol. The molecule has 1 aromatic rings. The van der Waals surface area contributed by atoms with Crippen LogP contribution in [0.15, 0.2) is 41.3 Å². The molecule has 0 radical (unpaired) electrons. The molecule has 0 amide bonds. The first-order valence-electron chi connectivity index (χ1n) is 7.52. The van der Waals surface area contributed by atoms with Crippen molar-refractivity contribution in [2.24, 2.45) is 0 Å². The molecular weight excluding hydrogens is 387 g/mol. The number of rotatable bonds is 4. The second kappa shape index (κ2) is 5.73. The predicted molar refractivity (Wildman–Crippen MR) is 92.8 cm³/mol. The molecule has 1 aliphatic heterocycles. The molecule has 1 aromatic carbocycles. The zero-order valence-electron chi connectivity index (χ0n) is 13.7. The van der Waals surface area contributed by atoms with Crippen LogP contribution in [0.25, 0.3) is 0 Å². The molecule has 4 heteroatoms. The Labute approximate surface area is 133 Å². The number of hydrogen-bond donors (Lipinski definition) is 0. The number of allylic oxidation sites excluding steroid dienone is 1. The first-order valence-corrected chi connectivity index (χ1v) is 19.3. The number of benzene rings is 1. The fraction of sp³-hybridized carbons (Fsp3) is 0.529. The molecule has 116 valence electrons. The van der Waals surface area contributed by atoms with E-state index in [4.69, 9.17) is 0 Å². The Hall–Kier alpha value is -0.291. The van der Waals surface area contributed by atoms with E-state index in [0.717, 1.165) is 12.0 Å². The van der Waals surface area contributed by atoms with Gasteiger partial charge in [0.05, 0.1) is 0 Å². The van der Waals surface area contributed by atoms with Crippen LogP contribution in [-0.2, 0) is 9.84 Å². The first-order chi connectivity index (χ1) is 9.53. The minimum atomic E-state index is -3.09. The first kappa shape index (κ1) is 17.1. The second-order valence-electron chi connectivity index (χ2n) is 7.79. The van der Waals surface area contributed by atoms with Crippen molar-refractivity contribution in [3.05, 3.63) is 46.9 Å². The summed E-state index contributed by atoms with van der Waals surface area (Å²) in [6.07, 6.45) is 1.59. The van der Waals surface area contributed by atoms with Gasteiger partial charge in [0.2, 0.25) is 0 Å². The van der Waals surface area contributed by atoms with Crippen molar-refractivity contribution in [1.82, 2.24) is 0 Å². The van der Waals surface area contributed by atoms with Crippen molar-refractivity contribution in [1.29, 1.82) is 0 Å². The molecule has 2 rings (SSSR count). The fourth-order valence-corrected chi connectivity index (χ4v) is 10.3. The third-order valence-corrected chi connectivity index (χ3v) is 14.3. The zero-order chi connectivity index (χ0) is 15.9. The van der Waals surface area contributed by atoms with Crippen LogP contribution in [0.2, 0.25) is 14.8 Å². The van der Waals surface area contributed by atoms with E-state index in [1.54, 1.807) is 5.41 Å². The maximum absolute atomic E-state index is 12.2. The quantitative estimate of drug-likeness (QED) is 0.681. The van der Waals surface area contributed by atoms with E-state index in [1.165, 1.54) is 5.56 Å². The fourth-order valence-electron chi connectivity index (χ4n) is 3.06. The molecule has 0 N–H and O–H groups in total. The van der Waals surface area contributed by atoms with Crippen molar-refractivity contribution in [2.45, 2.75) is 50.2 Å². The van der Waals surface area contributed by atoms with Gasteiger partial charge in [0.1, 0.15) is 0 Å². The van der Waals surface area contributed by atoms with Crippen LogP contribution in [0.4, 0.5) is 0 Å². The Morgan fingerprint density at radius 3 is 2.14 bits per heavy atom. The molecule has 1 unspecified atom stereocenters. The standard InChI is InChI=1S/C14H17O2S.3CH3.Sn/c1-14(2)10-13(11-17(14,15)16)9-8-12-6-4-3-5-7-12;;;;/h3-8,11H,9-10H2,1-2H3;3*1H3;. The van der Waals surface area contributed by atoms with Crippen LogP contribution in [0.3, 0.4) is 0 Å². The number of sulfone groups is 1. The van der Waals surface area contributed by atoms with Crippen molar-refractivity contribution < 1.29 is 8.42 Å². The third kappa shape index (κ3) is 3.73. The summed E-state index contributed by atoms with van der Waals surface area (Å²) in [6, 6.07) is 10.6. The summed E-state index contributed by atoms with van der Waals surface area (Å²) in [5.41, 5.74) is 2.49. The van der Waals surface area contributed by atoms with Gasteiger partial charge in [-0.3, -0.25) is 0 Å². The predicted octanol–water partition coefficient (Wildman–Crippen LogP) is 4.52. The molecule has 1 heterocycles. The third-order valence-electron chi connectivity index (χ3n) is 4.46. The van der Waals surface area contributed by atoms with E-state index in [2.05, 4.69) is 39.1 Å². The van der Waals surface area contributed by atoms with Crippen LogP contribution < -0.4 is 0 Å². The van der Waals surface area contributed by atoms with Gasteiger partial charge in [0.25, 0.3) is 0 Å². The molecule has 2 nitrogen and oxygen atoms in total. The summed E-state index contributed by atoms with van der Waals surface area (Å²) in [6.45, 7) is 3.67. The topological polar surface area (TPSA) is 34.1 Å². The molecule has 0 fully saturated rings. The van der Waals surface area contributed by atoms with E-state index in [-0.39, 0.29) is 0 Å². The Morgan fingerprint density at radius 2 is 1.71 bits per heavy atom. The number of hydrogen-bond acceptors (Lipinski definition) is 2. The van der Waals surface area contributed by atoms with Gasteiger partial charge < -0.3 is 0 Å². The van der Waals surface area contributed by atoms with Gasteiger partial charge in [0.15, 0.2) is 0 Å². The molecule has 1 atom stereocenters. The van der Waals surface area contributed by atoms with E-state index < -0.39 is 33.0 Å². The minimum absolute atomic E-state index is 0.538. The summed E-state index contributed by atoms with van der Waals surface area (Å²) in [5.74, 6) is 0. The molecule has 0 saturated carbocycles. The van der Waals surface area contributed by atoms with Gasteiger partial charge in [-0.15, -0.1) is 0 Å². The molecule has 0 aliphatic carbocycles. The van der Waals surface area contributed by atoms with Crippen molar-refractivity contribution >= 4 is 28.2 Å². The van der Waals surface area contributed by atoms with Crippen LogP contribution in [-0.4, -0.2) is 31.5 Å². The van der Waals surface area contributed by atoms with Crippen LogP contribution in [0.1, 0.15) is 36.2 Å². The Bertz CT molecular complexity index is 637. The van der Waals surface area contributed by atoms with Crippen LogP contribution in [0, 0.1) is 0 Å². The Kier molecular flexibility index (Phi) is 4.65. The molecule has 0 bridgehead atoms. The molecule has 21 heavy (non-hydrogen) atoms. The van der Waals surface area contributed by atoms with E-state index in [1.807, 2.05) is 19.9 Å². The SMILES string of the molecule is CC1(C)CC(C[CH](c2ccccc2)[Sn]([CH3])([CH3])[CH3])=CS1(=O)=O. The van der Waals surface area contributed by atoms with Crippen molar-refractivity contribution in [3.8, 4) is 0 Å². The van der Waals surface area contributed by atoms with E-state index in [0.29, 0.717) is 10.4 Å². The van der Waals surface area contributed by atoms with Gasteiger partial charge in [-0.2, -0.15) is 0 Å².